The van der Waals surface area contributed by atoms with E-state index >= 15 is 0 Å². The Morgan fingerprint density at radius 1 is 1.19 bits per heavy atom. The Kier molecular flexibility index (Phi) is 6.67. The van der Waals surface area contributed by atoms with E-state index < -0.39 is 5.79 Å². The number of rotatable bonds is 5. The first-order valence-corrected chi connectivity index (χ1v) is 10.8. The van der Waals surface area contributed by atoms with Crippen LogP contribution >= 0.6 is 0 Å². The van der Waals surface area contributed by atoms with Gasteiger partial charge in [-0.2, -0.15) is 0 Å². The van der Waals surface area contributed by atoms with Gasteiger partial charge in [0, 0.05) is 18.3 Å². The maximum Gasteiger partial charge on any atom is 0.174 e. The van der Waals surface area contributed by atoms with Crippen LogP contribution in [-0.4, -0.2) is 48.2 Å². The maximum atomic E-state index is 12.2. The summed E-state index contributed by atoms with van der Waals surface area (Å²) in [6.45, 7) is 11.0. The predicted octanol–water partition coefficient (Wildman–Crippen LogP) is 3.57. The monoisotopic (exact) mass is 382 g/mol. The Morgan fingerprint density at radius 2 is 1.89 bits per heavy atom. The zero-order valence-corrected chi connectivity index (χ0v) is 17.6. The molecule has 2 aliphatic carbocycles. The topological polar surface area (TPSA) is 65.0 Å². The quantitative estimate of drug-likeness (QED) is 0.787. The van der Waals surface area contributed by atoms with E-state index in [1.807, 2.05) is 0 Å². The summed E-state index contributed by atoms with van der Waals surface area (Å²) in [5, 5.41) is 9.55. The minimum Gasteiger partial charge on any atom is -0.394 e. The number of aliphatic hydroxyl groups excluding tert-OH is 1. The van der Waals surface area contributed by atoms with Gasteiger partial charge in [-0.1, -0.05) is 27.7 Å². The number of Topliss-reactive ketones (excluding diaryl/α,β-unsaturated/α-hetero) is 1. The van der Waals surface area contributed by atoms with Gasteiger partial charge in [-0.3, -0.25) is 4.79 Å². The second-order valence-corrected chi connectivity index (χ2v) is 9.71. The molecule has 2 saturated carbocycles. The molecule has 27 heavy (non-hydrogen) atoms. The normalized spacial score (nSPS) is 45.5. The van der Waals surface area contributed by atoms with Gasteiger partial charge in [0.2, 0.25) is 0 Å². The molecule has 5 unspecified atom stereocenters. The number of ether oxygens (including phenoxy) is 3. The average Bonchev–Trinajstić information content (AvgIpc) is 2.96. The van der Waals surface area contributed by atoms with Gasteiger partial charge >= 0.3 is 0 Å². The van der Waals surface area contributed by atoms with Crippen LogP contribution in [0.5, 0.6) is 0 Å². The fourth-order valence-corrected chi connectivity index (χ4v) is 5.73. The van der Waals surface area contributed by atoms with Crippen molar-refractivity contribution in [1.29, 1.82) is 0 Å². The van der Waals surface area contributed by atoms with Crippen LogP contribution in [0.3, 0.4) is 0 Å². The van der Waals surface area contributed by atoms with Crippen LogP contribution < -0.4 is 0 Å². The minimum atomic E-state index is -0.671. The molecule has 3 rings (SSSR count). The Labute approximate surface area is 164 Å². The van der Waals surface area contributed by atoms with E-state index in [-0.39, 0.29) is 42.5 Å². The fraction of sp³-hybridized carbons (Fsp3) is 0.955. The van der Waals surface area contributed by atoms with Crippen LogP contribution in [0.1, 0.15) is 66.7 Å². The highest BCUT2D eigenvalue weighted by molar-refractivity contribution is 5.79. The molecule has 1 heterocycles. The summed E-state index contributed by atoms with van der Waals surface area (Å²) in [5.74, 6) is 1.04. The van der Waals surface area contributed by atoms with Crippen LogP contribution in [0.15, 0.2) is 0 Å². The number of ketones is 1. The fourth-order valence-electron chi connectivity index (χ4n) is 5.73. The minimum absolute atomic E-state index is 0.00473. The van der Waals surface area contributed by atoms with Gasteiger partial charge < -0.3 is 19.3 Å². The molecule has 5 nitrogen and oxygen atoms in total. The van der Waals surface area contributed by atoms with Crippen molar-refractivity contribution in [1.82, 2.24) is 0 Å². The van der Waals surface area contributed by atoms with Crippen molar-refractivity contribution in [2.24, 2.45) is 29.6 Å². The molecule has 0 aromatic carbocycles. The first-order valence-electron chi connectivity index (χ1n) is 10.8. The third-order valence-electron chi connectivity index (χ3n) is 6.90. The molecule has 3 aliphatic rings. The molecule has 5 heteroatoms. The Bertz CT molecular complexity index is 521. The molecule has 1 aliphatic heterocycles. The SMILES string of the molecule is CC(=O)C1CC[C@@H](C)C[C@H]1OC1C[C@@H](C)CC2(OCC(CO)O2)C1C(C)C. The smallest absolute Gasteiger partial charge is 0.174 e. The van der Waals surface area contributed by atoms with Gasteiger partial charge in [0.15, 0.2) is 5.79 Å². The van der Waals surface area contributed by atoms with Crippen molar-refractivity contribution in [3.63, 3.8) is 0 Å². The Hall–Kier alpha value is -0.490. The van der Waals surface area contributed by atoms with E-state index in [4.69, 9.17) is 14.2 Å². The molecule has 1 saturated heterocycles. The van der Waals surface area contributed by atoms with E-state index in [1.165, 1.54) is 0 Å². The number of hydrogen-bond donors (Lipinski definition) is 1. The van der Waals surface area contributed by atoms with E-state index in [0.29, 0.717) is 24.4 Å². The average molecular weight is 383 g/mol. The van der Waals surface area contributed by atoms with Crippen LogP contribution in [0.2, 0.25) is 0 Å². The summed E-state index contributed by atoms with van der Waals surface area (Å²) in [5.41, 5.74) is 0. The predicted molar refractivity (Wildman–Crippen MR) is 103 cm³/mol. The van der Waals surface area contributed by atoms with Crippen molar-refractivity contribution in [2.45, 2.75) is 90.8 Å². The van der Waals surface area contributed by atoms with Crippen LogP contribution in [-0.2, 0) is 19.0 Å². The molecule has 0 bridgehead atoms. The van der Waals surface area contributed by atoms with Gasteiger partial charge in [-0.15, -0.1) is 0 Å². The lowest BCUT2D eigenvalue weighted by Crippen LogP contribution is -2.55. The highest BCUT2D eigenvalue weighted by atomic mass is 16.7. The molecule has 8 atom stereocenters. The Morgan fingerprint density at radius 3 is 2.48 bits per heavy atom. The second-order valence-electron chi connectivity index (χ2n) is 9.71. The molecule has 156 valence electrons. The number of carbonyl (C=O) groups is 1. The molecular formula is C22H38O5. The van der Waals surface area contributed by atoms with Gasteiger partial charge in [0.25, 0.3) is 0 Å². The van der Waals surface area contributed by atoms with Crippen molar-refractivity contribution >= 4 is 5.78 Å². The second kappa shape index (κ2) is 8.48. The largest absolute Gasteiger partial charge is 0.394 e. The summed E-state index contributed by atoms with van der Waals surface area (Å²) in [6.07, 6.45) is 4.55. The summed E-state index contributed by atoms with van der Waals surface area (Å²) >= 11 is 0. The highest BCUT2D eigenvalue weighted by Crippen LogP contribution is 2.49. The molecule has 3 fully saturated rings. The van der Waals surface area contributed by atoms with E-state index in [2.05, 4.69) is 27.7 Å². The van der Waals surface area contributed by atoms with Gasteiger partial charge in [0.1, 0.15) is 11.9 Å². The summed E-state index contributed by atoms with van der Waals surface area (Å²) in [7, 11) is 0. The molecule has 0 aromatic heterocycles. The number of carbonyl (C=O) groups excluding carboxylic acids is 1. The van der Waals surface area contributed by atoms with Crippen molar-refractivity contribution in [2.75, 3.05) is 13.2 Å². The molecule has 0 radical (unpaired) electrons. The standard InChI is InChI=1S/C22H38O5/c1-13(2)21-20(26-19-8-14(3)6-7-18(19)16(5)24)9-15(4)10-22(21)25-12-17(11-23)27-22/h13-15,17-21,23H,6-12H2,1-5H3/t14-,15-,17?,18?,19-,20?,21?,22?/m1/s1. The first-order chi connectivity index (χ1) is 12.8. The molecular weight excluding hydrogens is 344 g/mol. The number of aliphatic hydroxyl groups is 1. The molecule has 0 aromatic rings. The van der Waals surface area contributed by atoms with Crippen LogP contribution in [0.4, 0.5) is 0 Å². The molecule has 1 spiro atoms. The maximum absolute atomic E-state index is 12.2. The third-order valence-corrected chi connectivity index (χ3v) is 6.90. The van der Waals surface area contributed by atoms with Crippen molar-refractivity contribution < 1.29 is 24.1 Å². The lowest BCUT2D eigenvalue weighted by molar-refractivity contribution is -0.277. The third kappa shape index (κ3) is 4.42. The zero-order valence-electron chi connectivity index (χ0n) is 17.6. The zero-order chi connectivity index (χ0) is 19.8. The van der Waals surface area contributed by atoms with Crippen LogP contribution in [0.25, 0.3) is 0 Å². The van der Waals surface area contributed by atoms with E-state index in [0.717, 1.165) is 32.1 Å². The number of hydrogen-bond acceptors (Lipinski definition) is 5. The summed E-state index contributed by atoms with van der Waals surface area (Å²) < 4.78 is 19.2. The van der Waals surface area contributed by atoms with Crippen molar-refractivity contribution in [3.8, 4) is 0 Å². The van der Waals surface area contributed by atoms with Gasteiger partial charge in [-0.25, -0.2) is 0 Å². The van der Waals surface area contributed by atoms with E-state index in [1.54, 1.807) is 6.92 Å². The van der Waals surface area contributed by atoms with Gasteiger partial charge in [-0.05, 0) is 50.4 Å². The first kappa shape index (κ1) is 21.2. The summed E-state index contributed by atoms with van der Waals surface area (Å²) in [6, 6.07) is 0. The Balaban J connectivity index is 1.82. The van der Waals surface area contributed by atoms with E-state index in [9.17, 15) is 9.90 Å². The summed E-state index contributed by atoms with van der Waals surface area (Å²) in [4.78, 5) is 12.2. The van der Waals surface area contributed by atoms with Crippen molar-refractivity contribution in [3.05, 3.63) is 0 Å². The lowest BCUT2D eigenvalue weighted by Gasteiger charge is -2.50. The molecule has 1 N–H and O–H groups in total. The lowest BCUT2D eigenvalue weighted by atomic mass is 9.70. The highest BCUT2D eigenvalue weighted by Gasteiger charge is 2.56. The van der Waals surface area contributed by atoms with Crippen LogP contribution in [0, 0.1) is 29.6 Å². The molecule has 0 amide bonds. The van der Waals surface area contributed by atoms with Gasteiger partial charge in [0.05, 0.1) is 25.4 Å².